The summed E-state index contributed by atoms with van der Waals surface area (Å²) < 4.78 is 0.693. The summed E-state index contributed by atoms with van der Waals surface area (Å²) in [6.07, 6.45) is 0. The zero-order valence-corrected chi connectivity index (χ0v) is 9.77. The second-order valence-electron chi connectivity index (χ2n) is 1.62. The van der Waals surface area contributed by atoms with Gasteiger partial charge in [-0.2, -0.15) is 0 Å². The lowest BCUT2D eigenvalue weighted by Gasteiger charge is -1.94. The van der Waals surface area contributed by atoms with E-state index in [2.05, 4.69) is 57.8 Å². The SMILES string of the molecule is O=C(Br)c1cc(Br)nc(Br)n1. The number of rotatable bonds is 1. The van der Waals surface area contributed by atoms with Crippen LogP contribution < -0.4 is 0 Å². The van der Waals surface area contributed by atoms with Gasteiger partial charge in [0, 0.05) is 6.07 Å². The fourth-order valence-corrected chi connectivity index (χ4v) is 1.70. The second kappa shape index (κ2) is 3.73. The molecule has 0 aliphatic rings. The van der Waals surface area contributed by atoms with E-state index >= 15 is 0 Å². The van der Waals surface area contributed by atoms with Gasteiger partial charge in [-0.15, -0.1) is 0 Å². The van der Waals surface area contributed by atoms with Crippen LogP contribution in [0, 0.1) is 0 Å². The molecule has 0 N–H and O–H groups in total. The highest BCUT2D eigenvalue weighted by Gasteiger charge is 2.05. The maximum atomic E-state index is 10.7. The van der Waals surface area contributed by atoms with Crippen LogP contribution >= 0.6 is 47.8 Å². The predicted molar refractivity (Wildman–Crippen MR) is 50.7 cm³/mol. The van der Waals surface area contributed by atoms with Crippen LogP contribution in [0.25, 0.3) is 0 Å². The molecule has 0 unspecified atom stereocenters. The Kier molecular flexibility index (Phi) is 3.15. The number of carbonyl (C=O) groups excluding carboxylic acids is 1. The Hall–Kier alpha value is 0.190. The summed E-state index contributed by atoms with van der Waals surface area (Å²) in [5.41, 5.74) is 0.318. The number of halogens is 3. The highest BCUT2D eigenvalue weighted by Crippen LogP contribution is 2.13. The van der Waals surface area contributed by atoms with Gasteiger partial charge in [0.15, 0.2) is 4.73 Å². The number of aromatic nitrogens is 2. The quantitative estimate of drug-likeness (QED) is 0.447. The molecule has 0 bridgehead atoms. The third-order valence-electron chi connectivity index (χ3n) is 0.869. The average Bonchev–Trinajstić information content (AvgIpc) is 1.85. The van der Waals surface area contributed by atoms with Crippen molar-refractivity contribution in [2.75, 3.05) is 0 Å². The first-order chi connectivity index (χ1) is 5.09. The maximum Gasteiger partial charge on any atom is 0.246 e. The fraction of sp³-hybridized carbons (Fsp3) is 0. The maximum absolute atomic E-state index is 10.7. The van der Waals surface area contributed by atoms with Gasteiger partial charge in [-0.05, 0) is 47.8 Å². The highest BCUT2D eigenvalue weighted by atomic mass is 79.9. The molecule has 0 spiro atoms. The summed E-state index contributed by atoms with van der Waals surface area (Å²) >= 11 is 8.96. The topological polar surface area (TPSA) is 42.9 Å². The van der Waals surface area contributed by atoms with Crippen LogP contribution in [0.3, 0.4) is 0 Å². The Balaban J connectivity index is 3.19. The average molecular weight is 345 g/mol. The Morgan fingerprint density at radius 3 is 2.45 bits per heavy atom. The monoisotopic (exact) mass is 342 g/mol. The molecule has 11 heavy (non-hydrogen) atoms. The van der Waals surface area contributed by atoms with Crippen molar-refractivity contribution in [3.05, 3.63) is 21.1 Å². The lowest BCUT2D eigenvalue weighted by molar-refractivity contribution is 0.109. The van der Waals surface area contributed by atoms with Crippen LogP contribution in [0.15, 0.2) is 15.4 Å². The van der Waals surface area contributed by atoms with Crippen molar-refractivity contribution in [1.82, 2.24) is 9.97 Å². The third kappa shape index (κ3) is 2.61. The Labute approximate surface area is 88.0 Å². The van der Waals surface area contributed by atoms with Crippen LogP contribution in [0.5, 0.6) is 0 Å². The van der Waals surface area contributed by atoms with E-state index < -0.39 is 0 Å². The van der Waals surface area contributed by atoms with E-state index in [0.29, 0.717) is 15.0 Å². The molecule has 0 aliphatic carbocycles. The summed E-state index contributed by atoms with van der Waals surface area (Å²) in [5, 5.41) is 0. The van der Waals surface area contributed by atoms with Gasteiger partial charge in [-0.25, -0.2) is 9.97 Å². The molecular formula is C5HBr3N2O. The second-order valence-corrected chi connectivity index (χ2v) is 3.86. The summed E-state index contributed by atoms with van der Waals surface area (Å²) in [5.74, 6) is 0. The van der Waals surface area contributed by atoms with E-state index in [9.17, 15) is 4.79 Å². The van der Waals surface area contributed by atoms with E-state index in [-0.39, 0.29) is 4.69 Å². The van der Waals surface area contributed by atoms with E-state index in [1.54, 1.807) is 0 Å². The van der Waals surface area contributed by atoms with Gasteiger partial charge in [0.25, 0.3) is 0 Å². The molecule has 6 heteroatoms. The number of hydrogen-bond acceptors (Lipinski definition) is 3. The van der Waals surface area contributed by atoms with Crippen molar-refractivity contribution in [3.8, 4) is 0 Å². The van der Waals surface area contributed by atoms with Crippen molar-refractivity contribution in [2.45, 2.75) is 0 Å². The Morgan fingerprint density at radius 1 is 1.36 bits per heavy atom. The zero-order valence-electron chi connectivity index (χ0n) is 5.01. The largest absolute Gasteiger partial charge is 0.279 e. The molecule has 1 aromatic heterocycles. The van der Waals surface area contributed by atoms with Gasteiger partial charge >= 0.3 is 0 Å². The van der Waals surface area contributed by atoms with Crippen LogP contribution in [0.2, 0.25) is 0 Å². The minimum Gasteiger partial charge on any atom is -0.279 e. The first-order valence-corrected chi connectivity index (χ1v) is 4.87. The highest BCUT2D eigenvalue weighted by molar-refractivity contribution is 9.18. The molecule has 0 atom stereocenters. The number of carbonyl (C=O) groups is 1. The molecule has 1 aromatic rings. The molecule has 58 valence electrons. The molecular weight excluding hydrogens is 344 g/mol. The summed E-state index contributed by atoms with van der Waals surface area (Å²) in [4.78, 5) is 18.4. The smallest absolute Gasteiger partial charge is 0.246 e. The molecule has 0 radical (unpaired) electrons. The summed E-state index contributed by atoms with van der Waals surface area (Å²) in [6, 6.07) is 1.53. The first kappa shape index (κ1) is 9.28. The van der Waals surface area contributed by atoms with Gasteiger partial charge in [-0.3, -0.25) is 4.79 Å². The van der Waals surface area contributed by atoms with Gasteiger partial charge in [0.05, 0.1) is 0 Å². The van der Waals surface area contributed by atoms with Crippen LogP contribution in [-0.2, 0) is 0 Å². The van der Waals surface area contributed by atoms with Crippen LogP contribution in [0.1, 0.15) is 10.5 Å². The lowest BCUT2D eigenvalue weighted by Crippen LogP contribution is -1.95. The molecule has 0 fully saturated rings. The van der Waals surface area contributed by atoms with Crippen LogP contribution in [-0.4, -0.2) is 14.7 Å². The summed E-state index contributed by atoms with van der Waals surface area (Å²) in [7, 11) is 0. The van der Waals surface area contributed by atoms with E-state index in [4.69, 9.17) is 0 Å². The van der Waals surface area contributed by atoms with Crippen LogP contribution in [0.4, 0.5) is 0 Å². The predicted octanol–water partition coefficient (Wildman–Crippen LogP) is 2.54. The van der Waals surface area contributed by atoms with Crippen molar-refractivity contribution in [3.63, 3.8) is 0 Å². The minimum absolute atomic E-state index is 0.263. The van der Waals surface area contributed by atoms with Crippen molar-refractivity contribution >= 4 is 52.5 Å². The Bertz CT molecular complexity index is 282. The van der Waals surface area contributed by atoms with Gasteiger partial charge in [0.1, 0.15) is 10.3 Å². The minimum atomic E-state index is -0.263. The molecule has 0 saturated carbocycles. The number of hydrogen-bond donors (Lipinski definition) is 0. The van der Waals surface area contributed by atoms with Crippen molar-refractivity contribution in [2.24, 2.45) is 0 Å². The van der Waals surface area contributed by atoms with Gasteiger partial charge in [0.2, 0.25) is 4.69 Å². The lowest BCUT2D eigenvalue weighted by atomic mass is 10.5. The normalized spacial score (nSPS) is 9.73. The van der Waals surface area contributed by atoms with Gasteiger partial charge < -0.3 is 0 Å². The van der Waals surface area contributed by atoms with Crippen molar-refractivity contribution in [1.29, 1.82) is 0 Å². The molecule has 3 nitrogen and oxygen atoms in total. The van der Waals surface area contributed by atoms with E-state index in [1.807, 2.05) is 0 Å². The first-order valence-electron chi connectivity index (χ1n) is 2.49. The molecule has 1 rings (SSSR count). The third-order valence-corrected chi connectivity index (χ3v) is 2.04. The molecule has 0 saturated heterocycles. The molecule has 0 aromatic carbocycles. The summed E-state index contributed by atoms with van der Waals surface area (Å²) in [6.45, 7) is 0. The fourth-order valence-electron chi connectivity index (χ4n) is 0.491. The molecule has 0 aliphatic heterocycles. The molecule has 0 amide bonds. The Morgan fingerprint density at radius 2 is 2.00 bits per heavy atom. The standard InChI is InChI=1S/C5HBr3N2O/c6-3-1-2(4(7)11)9-5(8)10-3/h1H. The van der Waals surface area contributed by atoms with Gasteiger partial charge in [-0.1, -0.05) is 0 Å². The van der Waals surface area contributed by atoms with Crippen molar-refractivity contribution < 1.29 is 4.79 Å². The number of nitrogens with zero attached hydrogens (tertiary/aromatic N) is 2. The molecule has 1 heterocycles. The van der Waals surface area contributed by atoms with E-state index in [1.165, 1.54) is 6.07 Å². The van der Waals surface area contributed by atoms with E-state index in [0.717, 1.165) is 0 Å². The zero-order chi connectivity index (χ0) is 8.43.